The molecule has 0 spiro atoms. The minimum atomic E-state index is -0.225. The van der Waals surface area contributed by atoms with Gasteiger partial charge in [0.25, 0.3) is 0 Å². The number of aryl methyl sites for hydroxylation is 1. The second kappa shape index (κ2) is 6.30. The maximum absolute atomic E-state index is 11.5. The molecule has 0 aliphatic rings. The molecule has 5 heteroatoms. The Kier molecular flexibility index (Phi) is 4.71. The number of nitrogens with zero attached hydrogens (tertiary/aromatic N) is 1. The molecular formula is C14H14BrNO2S. The molecule has 100 valence electrons. The molecule has 0 radical (unpaired) electrons. The summed E-state index contributed by atoms with van der Waals surface area (Å²) in [5.41, 5.74) is 1.99. The van der Waals surface area contributed by atoms with Gasteiger partial charge in [0.05, 0.1) is 18.7 Å². The number of benzene rings is 1. The van der Waals surface area contributed by atoms with Crippen molar-refractivity contribution in [3.8, 4) is 11.3 Å². The molecular weight excluding hydrogens is 326 g/mol. The fraction of sp³-hybridized carbons (Fsp3) is 0.286. The molecule has 0 unspecified atom stereocenters. The van der Waals surface area contributed by atoms with Gasteiger partial charge in [-0.2, -0.15) is 0 Å². The van der Waals surface area contributed by atoms with Crippen molar-refractivity contribution < 1.29 is 9.53 Å². The maximum atomic E-state index is 11.5. The van der Waals surface area contributed by atoms with Crippen molar-refractivity contribution in [3.05, 3.63) is 38.6 Å². The van der Waals surface area contributed by atoms with Crippen LogP contribution in [0.15, 0.2) is 28.7 Å². The minimum absolute atomic E-state index is 0.225. The molecule has 1 heterocycles. The highest BCUT2D eigenvalue weighted by molar-refractivity contribution is 9.10. The smallest absolute Gasteiger partial charge is 0.312 e. The standard InChI is InChI=1S/C14H14BrNO2S/c1-3-18-13(17)8-12-16-14(9(2)19-12)10-5-4-6-11(15)7-10/h4-7H,3,8H2,1-2H3. The quantitative estimate of drug-likeness (QED) is 0.790. The highest BCUT2D eigenvalue weighted by Gasteiger charge is 2.13. The van der Waals surface area contributed by atoms with Crippen LogP contribution in [-0.4, -0.2) is 17.6 Å². The van der Waals surface area contributed by atoms with E-state index in [1.807, 2.05) is 31.2 Å². The number of carbonyl (C=O) groups excluding carboxylic acids is 1. The number of esters is 1. The third kappa shape index (κ3) is 3.64. The topological polar surface area (TPSA) is 39.2 Å². The molecule has 2 aromatic rings. The molecule has 0 amide bonds. The number of rotatable bonds is 4. The zero-order chi connectivity index (χ0) is 13.8. The van der Waals surface area contributed by atoms with Gasteiger partial charge in [-0.05, 0) is 26.0 Å². The van der Waals surface area contributed by atoms with E-state index in [0.717, 1.165) is 25.6 Å². The van der Waals surface area contributed by atoms with E-state index in [1.165, 1.54) is 0 Å². The van der Waals surface area contributed by atoms with E-state index < -0.39 is 0 Å². The van der Waals surface area contributed by atoms with Crippen LogP contribution in [0.5, 0.6) is 0 Å². The number of carbonyl (C=O) groups is 1. The molecule has 0 aliphatic carbocycles. The van der Waals surface area contributed by atoms with Crippen molar-refractivity contribution in [3.63, 3.8) is 0 Å². The molecule has 2 rings (SSSR count). The Labute approximate surface area is 124 Å². The molecule has 1 aromatic carbocycles. The van der Waals surface area contributed by atoms with Crippen LogP contribution in [0.4, 0.5) is 0 Å². The molecule has 0 N–H and O–H groups in total. The van der Waals surface area contributed by atoms with Gasteiger partial charge in [0.15, 0.2) is 0 Å². The summed E-state index contributed by atoms with van der Waals surface area (Å²) in [6, 6.07) is 7.99. The van der Waals surface area contributed by atoms with Gasteiger partial charge >= 0.3 is 5.97 Å². The summed E-state index contributed by atoms with van der Waals surface area (Å²) in [4.78, 5) is 17.1. The Morgan fingerprint density at radius 1 is 1.47 bits per heavy atom. The lowest BCUT2D eigenvalue weighted by atomic mass is 10.1. The van der Waals surface area contributed by atoms with Crippen molar-refractivity contribution in [1.29, 1.82) is 0 Å². The van der Waals surface area contributed by atoms with E-state index in [0.29, 0.717) is 6.61 Å². The molecule has 0 atom stereocenters. The van der Waals surface area contributed by atoms with Crippen molar-refractivity contribution in [2.45, 2.75) is 20.3 Å². The van der Waals surface area contributed by atoms with Crippen molar-refractivity contribution in [2.24, 2.45) is 0 Å². The summed E-state index contributed by atoms with van der Waals surface area (Å²) >= 11 is 5.00. The molecule has 1 aromatic heterocycles. The van der Waals surface area contributed by atoms with Crippen LogP contribution in [-0.2, 0) is 16.0 Å². The summed E-state index contributed by atoms with van der Waals surface area (Å²) in [6.07, 6.45) is 0.243. The van der Waals surface area contributed by atoms with E-state index in [2.05, 4.69) is 20.9 Å². The Bertz CT molecular complexity index is 595. The molecule has 0 aliphatic heterocycles. The summed E-state index contributed by atoms with van der Waals surface area (Å²) < 4.78 is 5.96. The summed E-state index contributed by atoms with van der Waals surface area (Å²) in [7, 11) is 0. The fourth-order valence-electron chi connectivity index (χ4n) is 1.77. The van der Waals surface area contributed by atoms with E-state index in [9.17, 15) is 4.79 Å². The lowest BCUT2D eigenvalue weighted by molar-refractivity contribution is -0.142. The molecule has 0 bridgehead atoms. The minimum Gasteiger partial charge on any atom is -0.466 e. The third-order valence-corrected chi connectivity index (χ3v) is 4.00. The Morgan fingerprint density at radius 3 is 2.95 bits per heavy atom. The zero-order valence-corrected chi connectivity index (χ0v) is 13.2. The van der Waals surface area contributed by atoms with Crippen molar-refractivity contribution in [2.75, 3.05) is 6.61 Å². The maximum Gasteiger partial charge on any atom is 0.312 e. The van der Waals surface area contributed by atoms with Crippen LogP contribution in [0.25, 0.3) is 11.3 Å². The Morgan fingerprint density at radius 2 is 2.26 bits per heavy atom. The normalized spacial score (nSPS) is 10.5. The number of hydrogen-bond donors (Lipinski definition) is 0. The monoisotopic (exact) mass is 339 g/mol. The SMILES string of the molecule is CCOC(=O)Cc1nc(-c2cccc(Br)c2)c(C)s1. The molecule has 0 saturated heterocycles. The van der Waals surface area contributed by atoms with E-state index in [1.54, 1.807) is 18.3 Å². The van der Waals surface area contributed by atoms with Crippen LogP contribution >= 0.6 is 27.3 Å². The lowest BCUT2D eigenvalue weighted by Gasteiger charge is -1.99. The van der Waals surface area contributed by atoms with Gasteiger partial charge in [0.2, 0.25) is 0 Å². The number of thiazole rings is 1. The van der Waals surface area contributed by atoms with E-state index >= 15 is 0 Å². The first kappa shape index (κ1) is 14.2. The predicted molar refractivity (Wildman–Crippen MR) is 80.3 cm³/mol. The highest BCUT2D eigenvalue weighted by atomic mass is 79.9. The van der Waals surface area contributed by atoms with Crippen LogP contribution in [0, 0.1) is 6.92 Å². The first-order valence-corrected chi connectivity index (χ1v) is 7.59. The highest BCUT2D eigenvalue weighted by Crippen LogP contribution is 2.29. The van der Waals surface area contributed by atoms with Gasteiger partial charge in [-0.15, -0.1) is 11.3 Å². The first-order valence-electron chi connectivity index (χ1n) is 5.98. The van der Waals surface area contributed by atoms with Crippen LogP contribution in [0.1, 0.15) is 16.8 Å². The molecule has 19 heavy (non-hydrogen) atoms. The molecule has 0 fully saturated rings. The summed E-state index contributed by atoms with van der Waals surface area (Å²) in [5.74, 6) is -0.225. The van der Waals surface area contributed by atoms with Crippen LogP contribution in [0.2, 0.25) is 0 Å². The average molecular weight is 340 g/mol. The largest absolute Gasteiger partial charge is 0.466 e. The van der Waals surface area contributed by atoms with Gasteiger partial charge in [-0.25, -0.2) is 4.98 Å². The third-order valence-electron chi connectivity index (χ3n) is 2.54. The first-order chi connectivity index (χ1) is 9.10. The van der Waals surface area contributed by atoms with E-state index in [4.69, 9.17) is 4.74 Å². The number of hydrogen-bond acceptors (Lipinski definition) is 4. The van der Waals surface area contributed by atoms with Gasteiger partial charge < -0.3 is 4.74 Å². The second-order valence-corrected chi connectivity index (χ2v) is 6.21. The average Bonchev–Trinajstić information content (AvgIpc) is 2.70. The van der Waals surface area contributed by atoms with Gasteiger partial charge in [-0.1, -0.05) is 28.1 Å². The Hall–Kier alpha value is -1.20. The number of halogens is 1. The van der Waals surface area contributed by atoms with Gasteiger partial charge in [-0.3, -0.25) is 4.79 Å². The fourth-order valence-corrected chi connectivity index (χ4v) is 3.11. The predicted octanol–water partition coefficient (Wildman–Crippen LogP) is 3.99. The number of ether oxygens (including phenoxy) is 1. The van der Waals surface area contributed by atoms with Crippen molar-refractivity contribution >= 4 is 33.2 Å². The Balaban J connectivity index is 2.24. The molecule has 0 saturated carbocycles. The summed E-state index contributed by atoms with van der Waals surface area (Å²) in [6.45, 7) is 4.22. The summed E-state index contributed by atoms with van der Waals surface area (Å²) in [5, 5.41) is 0.797. The van der Waals surface area contributed by atoms with Crippen LogP contribution in [0.3, 0.4) is 0 Å². The van der Waals surface area contributed by atoms with Gasteiger partial charge in [0, 0.05) is 14.9 Å². The van der Waals surface area contributed by atoms with E-state index in [-0.39, 0.29) is 12.4 Å². The lowest BCUT2D eigenvalue weighted by Crippen LogP contribution is -2.07. The zero-order valence-electron chi connectivity index (χ0n) is 10.8. The van der Waals surface area contributed by atoms with Crippen molar-refractivity contribution in [1.82, 2.24) is 4.98 Å². The second-order valence-electron chi connectivity index (χ2n) is 4.00. The van der Waals surface area contributed by atoms with Crippen LogP contribution < -0.4 is 0 Å². The van der Waals surface area contributed by atoms with Gasteiger partial charge in [0.1, 0.15) is 5.01 Å². The molecule has 3 nitrogen and oxygen atoms in total. The number of aromatic nitrogens is 1.